The fraction of sp³-hybridized carbons (Fsp3) is 0.364. The van der Waals surface area contributed by atoms with Crippen LogP contribution in [-0.4, -0.2) is 36.1 Å². The number of hydrogen-bond donors (Lipinski definition) is 2. The van der Waals surface area contributed by atoms with Crippen molar-refractivity contribution in [2.24, 2.45) is 5.73 Å². The van der Waals surface area contributed by atoms with Crippen molar-refractivity contribution in [1.82, 2.24) is 4.90 Å². The van der Waals surface area contributed by atoms with Crippen molar-refractivity contribution in [3.8, 4) is 0 Å². The molecular weight excluding hydrogens is 228 g/mol. The van der Waals surface area contributed by atoms with E-state index < -0.39 is 5.91 Å². The lowest BCUT2D eigenvalue weighted by atomic mass is 10.1. The summed E-state index contributed by atoms with van der Waals surface area (Å²) in [5.41, 5.74) is 6.45. The standard InChI is InChI=1S/C11H15ClN2O2/c1-14(4-5-15)7-9-3-2-8(11(13)16)6-10(9)12/h2-3,6,15H,4-5,7H2,1H3,(H2,13,16). The van der Waals surface area contributed by atoms with E-state index in [9.17, 15) is 4.79 Å². The lowest BCUT2D eigenvalue weighted by Gasteiger charge is -2.16. The third kappa shape index (κ3) is 3.48. The molecule has 0 atom stereocenters. The topological polar surface area (TPSA) is 66.6 Å². The molecule has 0 aliphatic heterocycles. The average molecular weight is 243 g/mol. The molecule has 0 saturated heterocycles. The lowest BCUT2D eigenvalue weighted by molar-refractivity contribution is 0.100. The number of amides is 1. The maximum atomic E-state index is 10.9. The fourth-order valence-electron chi connectivity index (χ4n) is 1.37. The first kappa shape index (κ1) is 13.0. The molecule has 4 nitrogen and oxygen atoms in total. The van der Waals surface area contributed by atoms with E-state index in [0.717, 1.165) is 5.56 Å². The van der Waals surface area contributed by atoms with Gasteiger partial charge in [0.1, 0.15) is 0 Å². The van der Waals surface area contributed by atoms with E-state index in [0.29, 0.717) is 23.7 Å². The number of rotatable bonds is 5. The third-order valence-corrected chi connectivity index (χ3v) is 2.61. The molecule has 0 aliphatic rings. The number of nitrogens with two attached hydrogens (primary N) is 1. The van der Waals surface area contributed by atoms with E-state index in [2.05, 4.69) is 0 Å². The molecule has 1 aromatic carbocycles. The average Bonchev–Trinajstić information content (AvgIpc) is 2.21. The second-order valence-electron chi connectivity index (χ2n) is 3.63. The molecule has 5 heteroatoms. The highest BCUT2D eigenvalue weighted by Gasteiger charge is 2.07. The van der Waals surface area contributed by atoms with Gasteiger partial charge in [-0.15, -0.1) is 0 Å². The summed E-state index contributed by atoms with van der Waals surface area (Å²) >= 11 is 6.02. The van der Waals surface area contributed by atoms with Gasteiger partial charge in [0, 0.05) is 23.7 Å². The lowest BCUT2D eigenvalue weighted by Crippen LogP contribution is -2.21. The van der Waals surface area contributed by atoms with Crippen molar-refractivity contribution in [1.29, 1.82) is 0 Å². The molecule has 1 rings (SSSR count). The summed E-state index contributed by atoms with van der Waals surface area (Å²) in [5.74, 6) is -0.489. The number of primary amides is 1. The van der Waals surface area contributed by atoms with Crippen LogP contribution in [0.25, 0.3) is 0 Å². The Morgan fingerprint density at radius 1 is 1.56 bits per heavy atom. The Morgan fingerprint density at radius 2 is 2.25 bits per heavy atom. The van der Waals surface area contributed by atoms with Gasteiger partial charge in [-0.25, -0.2) is 0 Å². The third-order valence-electron chi connectivity index (χ3n) is 2.26. The van der Waals surface area contributed by atoms with Crippen molar-refractivity contribution in [2.45, 2.75) is 6.54 Å². The molecule has 88 valence electrons. The largest absolute Gasteiger partial charge is 0.395 e. The highest BCUT2D eigenvalue weighted by atomic mass is 35.5. The molecule has 0 saturated carbocycles. The molecule has 16 heavy (non-hydrogen) atoms. The summed E-state index contributed by atoms with van der Waals surface area (Å²) in [6.45, 7) is 1.31. The summed E-state index contributed by atoms with van der Waals surface area (Å²) in [4.78, 5) is 12.8. The second kappa shape index (κ2) is 5.84. The van der Waals surface area contributed by atoms with Gasteiger partial charge in [0.15, 0.2) is 0 Å². The van der Waals surface area contributed by atoms with E-state index in [-0.39, 0.29) is 6.61 Å². The van der Waals surface area contributed by atoms with Gasteiger partial charge in [-0.05, 0) is 24.7 Å². The second-order valence-corrected chi connectivity index (χ2v) is 4.04. The Morgan fingerprint density at radius 3 is 2.75 bits per heavy atom. The molecule has 0 radical (unpaired) electrons. The Balaban J connectivity index is 2.79. The molecule has 0 heterocycles. The van der Waals surface area contributed by atoms with Gasteiger partial charge in [-0.1, -0.05) is 17.7 Å². The molecule has 0 aromatic heterocycles. The van der Waals surface area contributed by atoms with Gasteiger partial charge in [-0.3, -0.25) is 9.69 Å². The van der Waals surface area contributed by atoms with Crippen LogP contribution in [0.3, 0.4) is 0 Å². The van der Waals surface area contributed by atoms with E-state index >= 15 is 0 Å². The molecule has 3 N–H and O–H groups in total. The predicted octanol–water partition coefficient (Wildman–Crippen LogP) is 0.863. The molecule has 0 fully saturated rings. The number of benzene rings is 1. The normalized spacial score (nSPS) is 10.8. The molecule has 0 unspecified atom stereocenters. The zero-order valence-electron chi connectivity index (χ0n) is 9.11. The first-order chi connectivity index (χ1) is 7.54. The van der Waals surface area contributed by atoms with Crippen LogP contribution in [0.4, 0.5) is 0 Å². The zero-order chi connectivity index (χ0) is 12.1. The van der Waals surface area contributed by atoms with Gasteiger partial charge in [0.25, 0.3) is 0 Å². The van der Waals surface area contributed by atoms with Gasteiger partial charge in [0.05, 0.1) is 6.61 Å². The van der Waals surface area contributed by atoms with Crippen LogP contribution in [0.1, 0.15) is 15.9 Å². The number of halogens is 1. The molecular formula is C11H15ClN2O2. The molecule has 1 amide bonds. The Hall–Kier alpha value is -1.10. The number of carbonyl (C=O) groups is 1. The number of aliphatic hydroxyl groups excluding tert-OH is 1. The summed E-state index contributed by atoms with van der Waals surface area (Å²) in [5, 5.41) is 9.28. The number of hydrogen-bond acceptors (Lipinski definition) is 3. The van der Waals surface area contributed by atoms with Gasteiger partial charge in [0.2, 0.25) is 5.91 Å². The summed E-state index contributed by atoms with van der Waals surface area (Å²) in [6, 6.07) is 4.98. The maximum absolute atomic E-state index is 10.9. The van der Waals surface area contributed by atoms with Crippen LogP contribution < -0.4 is 5.73 Å². The minimum absolute atomic E-state index is 0.105. The Kier molecular flexibility index (Phi) is 4.73. The van der Waals surface area contributed by atoms with Gasteiger partial charge in [-0.2, -0.15) is 0 Å². The highest BCUT2D eigenvalue weighted by molar-refractivity contribution is 6.31. The van der Waals surface area contributed by atoms with Crippen molar-refractivity contribution in [2.75, 3.05) is 20.2 Å². The van der Waals surface area contributed by atoms with Crippen molar-refractivity contribution in [3.05, 3.63) is 34.3 Å². The Labute approximate surface area is 99.6 Å². The number of carbonyl (C=O) groups excluding carboxylic acids is 1. The maximum Gasteiger partial charge on any atom is 0.248 e. The minimum Gasteiger partial charge on any atom is -0.395 e. The first-order valence-electron chi connectivity index (χ1n) is 4.92. The van der Waals surface area contributed by atoms with Crippen molar-refractivity contribution in [3.63, 3.8) is 0 Å². The van der Waals surface area contributed by atoms with E-state index in [1.54, 1.807) is 18.2 Å². The molecule has 1 aromatic rings. The zero-order valence-corrected chi connectivity index (χ0v) is 9.87. The SMILES string of the molecule is CN(CCO)Cc1ccc(C(N)=O)cc1Cl. The summed E-state index contributed by atoms with van der Waals surface area (Å²) in [7, 11) is 1.88. The highest BCUT2D eigenvalue weighted by Crippen LogP contribution is 2.19. The van der Waals surface area contributed by atoms with Crippen LogP contribution in [0.15, 0.2) is 18.2 Å². The van der Waals surface area contributed by atoms with Crippen LogP contribution in [0, 0.1) is 0 Å². The van der Waals surface area contributed by atoms with Crippen LogP contribution in [-0.2, 0) is 6.54 Å². The van der Waals surface area contributed by atoms with Crippen LogP contribution >= 0.6 is 11.6 Å². The molecule has 0 aliphatic carbocycles. The van der Waals surface area contributed by atoms with E-state index in [1.165, 1.54) is 0 Å². The monoisotopic (exact) mass is 242 g/mol. The number of aliphatic hydroxyl groups is 1. The fourth-order valence-corrected chi connectivity index (χ4v) is 1.61. The molecule has 0 spiro atoms. The quantitative estimate of drug-likeness (QED) is 0.805. The van der Waals surface area contributed by atoms with Crippen LogP contribution in [0.2, 0.25) is 5.02 Å². The Bertz CT molecular complexity index is 382. The van der Waals surface area contributed by atoms with E-state index in [1.807, 2.05) is 11.9 Å². The van der Waals surface area contributed by atoms with Crippen molar-refractivity contribution >= 4 is 17.5 Å². The van der Waals surface area contributed by atoms with Crippen molar-refractivity contribution < 1.29 is 9.90 Å². The summed E-state index contributed by atoms with van der Waals surface area (Å²) < 4.78 is 0. The van der Waals surface area contributed by atoms with Gasteiger partial charge >= 0.3 is 0 Å². The number of nitrogens with zero attached hydrogens (tertiary/aromatic N) is 1. The predicted molar refractivity (Wildman–Crippen MR) is 63.4 cm³/mol. The van der Waals surface area contributed by atoms with Crippen LogP contribution in [0.5, 0.6) is 0 Å². The first-order valence-corrected chi connectivity index (χ1v) is 5.30. The minimum atomic E-state index is -0.489. The number of likely N-dealkylation sites (N-methyl/N-ethyl adjacent to an activating group) is 1. The molecule has 0 bridgehead atoms. The van der Waals surface area contributed by atoms with Gasteiger partial charge < -0.3 is 10.8 Å². The smallest absolute Gasteiger partial charge is 0.248 e. The van der Waals surface area contributed by atoms with E-state index in [4.69, 9.17) is 22.4 Å². The summed E-state index contributed by atoms with van der Waals surface area (Å²) in [6.07, 6.45) is 0.